The van der Waals surface area contributed by atoms with Crippen molar-refractivity contribution in [2.24, 2.45) is 0 Å². The molecule has 2 aromatic carbocycles. The van der Waals surface area contributed by atoms with Gasteiger partial charge in [-0.1, -0.05) is 30.3 Å². The van der Waals surface area contributed by atoms with Crippen LogP contribution in [0.3, 0.4) is 0 Å². The summed E-state index contributed by atoms with van der Waals surface area (Å²) in [6.45, 7) is 6.14. The summed E-state index contributed by atoms with van der Waals surface area (Å²) in [6, 6.07) is 14.8. The number of ether oxygens (including phenoxy) is 2. The van der Waals surface area contributed by atoms with Crippen molar-refractivity contribution >= 4 is 11.7 Å². The molecule has 2 amide bonds. The van der Waals surface area contributed by atoms with Gasteiger partial charge in [0.25, 0.3) is 0 Å². The highest BCUT2D eigenvalue weighted by Gasteiger charge is 2.14. The van der Waals surface area contributed by atoms with Crippen LogP contribution in [0.15, 0.2) is 48.5 Å². The number of para-hydroxylation sites is 3. The highest BCUT2D eigenvalue weighted by atomic mass is 16.5. The van der Waals surface area contributed by atoms with Crippen molar-refractivity contribution in [1.29, 1.82) is 0 Å². The van der Waals surface area contributed by atoms with Gasteiger partial charge in [-0.25, -0.2) is 4.79 Å². The first-order valence-electron chi connectivity index (χ1n) is 9.95. The van der Waals surface area contributed by atoms with Crippen molar-refractivity contribution in [2.45, 2.75) is 6.54 Å². The van der Waals surface area contributed by atoms with E-state index in [1.807, 2.05) is 48.5 Å². The van der Waals surface area contributed by atoms with Crippen LogP contribution < -0.4 is 20.1 Å². The Morgan fingerprint density at radius 2 is 1.69 bits per heavy atom. The average molecular weight is 399 g/mol. The van der Waals surface area contributed by atoms with E-state index in [0.29, 0.717) is 24.6 Å². The first-order chi connectivity index (χ1) is 14.2. The van der Waals surface area contributed by atoms with Gasteiger partial charge in [-0.2, -0.15) is 0 Å². The van der Waals surface area contributed by atoms with E-state index >= 15 is 0 Å². The van der Waals surface area contributed by atoms with Crippen molar-refractivity contribution in [2.75, 3.05) is 58.8 Å². The lowest BCUT2D eigenvalue weighted by Gasteiger charge is -2.32. The van der Waals surface area contributed by atoms with Gasteiger partial charge < -0.3 is 25.0 Å². The van der Waals surface area contributed by atoms with Crippen molar-refractivity contribution in [3.63, 3.8) is 0 Å². The number of benzene rings is 2. The summed E-state index contributed by atoms with van der Waals surface area (Å²) >= 11 is 0. The van der Waals surface area contributed by atoms with Gasteiger partial charge in [0.15, 0.2) is 0 Å². The van der Waals surface area contributed by atoms with Gasteiger partial charge in [0.1, 0.15) is 18.1 Å². The van der Waals surface area contributed by atoms with E-state index in [2.05, 4.69) is 27.5 Å². The quantitative estimate of drug-likeness (QED) is 0.716. The van der Waals surface area contributed by atoms with E-state index in [0.717, 1.165) is 44.0 Å². The van der Waals surface area contributed by atoms with E-state index < -0.39 is 0 Å². The topological polar surface area (TPSA) is 66.1 Å². The second-order valence-electron chi connectivity index (χ2n) is 7.11. The van der Waals surface area contributed by atoms with Crippen LogP contribution in [0.4, 0.5) is 10.5 Å². The molecule has 2 N–H and O–H groups in total. The van der Waals surface area contributed by atoms with Gasteiger partial charge in [-0.15, -0.1) is 0 Å². The Bertz CT molecular complexity index is 791. The number of hydrogen-bond donors (Lipinski definition) is 2. The fourth-order valence-electron chi connectivity index (χ4n) is 3.24. The van der Waals surface area contributed by atoms with Gasteiger partial charge in [-0.3, -0.25) is 4.90 Å². The average Bonchev–Trinajstić information content (AvgIpc) is 2.75. The third kappa shape index (κ3) is 6.37. The normalized spacial score (nSPS) is 15.0. The first-order valence-corrected chi connectivity index (χ1v) is 9.95. The number of carbonyl (C=O) groups excluding carboxylic acids is 1. The molecule has 7 heteroatoms. The second-order valence-corrected chi connectivity index (χ2v) is 7.11. The van der Waals surface area contributed by atoms with Crippen LogP contribution in [-0.4, -0.2) is 69.3 Å². The zero-order valence-corrected chi connectivity index (χ0v) is 17.2. The van der Waals surface area contributed by atoms with E-state index in [4.69, 9.17) is 9.47 Å². The number of urea groups is 1. The summed E-state index contributed by atoms with van der Waals surface area (Å²) in [5.74, 6) is 1.43. The minimum atomic E-state index is -0.286. The second kappa shape index (κ2) is 10.7. The molecule has 0 unspecified atom stereocenters. The molecule has 0 atom stereocenters. The van der Waals surface area contributed by atoms with Crippen LogP contribution in [0, 0.1) is 0 Å². The van der Waals surface area contributed by atoms with Gasteiger partial charge in [0, 0.05) is 44.8 Å². The Labute approximate surface area is 172 Å². The van der Waals surface area contributed by atoms with E-state index in [9.17, 15) is 4.79 Å². The monoisotopic (exact) mass is 398 g/mol. The number of likely N-dealkylation sites (N-methyl/N-ethyl adjacent to an activating group) is 1. The van der Waals surface area contributed by atoms with E-state index in [1.54, 1.807) is 7.11 Å². The fraction of sp³-hybridized carbons (Fsp3) is 0.409. The SMILES string of the molecule is COc1ccccc1CNC(=O)Nc1ccccc1OCCN1CCN(C)CC1. The molecule has 29 heavy (non-hydrogen) atoms. The smallest absolute Gasteiger partial charge is 0.319 e. The van der Waals surface area contributed by atoms with Crippen LogP contribution in [0.2, 0.25) is 0 Å². The molecule has 7 nitrogen and oxygen atoms in total. The maximum absolute atomic E-state index is 12.4. The van der Waals surface area contributed by atoms with Gasteiger partial charge >= 0.3 is 6.03 Å². The molecule has 2 aromatic rings. The number of methoxy groups -OCH3 is 1. The molecule has 1 aliphatic heterocycles. The van der Waals surface area contributed by atoms with Crippen LogP contribution in [0.1, 0.15) is 5.56 Å². The Morgan fingerprint density at radius 3 is 2.45 bits per heavy atom. The van der Waals surface area contributed by atoms with Crippen molar-refractivity contribution in [1.82, 2.24) is 15.1 Å². The molecule has 1 saturated heterocycles. The predicted octanol–water partition coefficient (Wildman–Crippen LogP) is 2.64. The molecule has 0 aromatic heterocycles. The Balaban J connectivity index is 1.48. The highest BCUT2D eigenvalue weighted by Crippen LogP contribution is 2.24. The number of piperazine rings is 1. The molecule has 0 radical (unpaired) electrons. The molecule has 0 saturated carbocycles. The molecule has 1 heterocycles. The lowest BCUT2D eigenvalue weighted by atomic mass is 10.2. The molecular weight excluding hydrogens is 368 g/mol. The number of hydrogen-bond acceptors (Lipinski definition) is 5. The summed E-state index contributed by atoms with van der Waals surface area (Å²) in [7, 11) is 3.77. The molecule has 0 spiro atoms. The number of anilines is 1. The van der Waals surface area contributed by atoms with Crippen LogP contribution >= 0.6 is 0 Å². The van der Waals surface area contributed by atoms with E-state index in [-0.39, 0.29) is 6.03 Å². The molecule has 156 valence electrons. The minimum Gasteiger partial charge on any atom is -0.496 e. The van der Waals surface area contributed by atoms with E-state index in [1.165, 1.54) is 0 Å². The summed E-state index contributed by atoms with van der Waals surface area (Å²) in [5, 5.41) is 5.74. The van der Waals surface area contributed by atoms with Gasteiger partial charge in [-0.05, 0) is 25.2 Å². The first kappa shape index (κ1) is 21.0. The number of rotatable bonds is 8. The highest BCUT2D eigenvalue weighted by molar-refractivity contribution is 5.90. The zero-order chi connectivity index (χ0) is 20.5. The minimum absolute atomic E-state index is 0.286. The maximum Gasteiger partial charge on any atom is 0.319 e. The molecule has 0 aliphatic carbocycles. The van der Waals surface area contributed by atoms with Crippen LogP contribution in [0.5, 0.6) is 11.5 Å². The zero-order valence-electron chi connectivity index (χ0n) is 17.2. The summed E-state index contributed by atoms with van der Waals surface area (Å²) in [4.78, 5) is 17.1. The van der Waals surface area contributed by atoms with Crippen LogP contribution in [0.25, 0.3) is 0 Å². The Morgan fingerprint density at radius 1 is 1.00 bits per heavy atom. The van der Waals surface area contributed by atoms with Gasteiger partial charge in [0.2, 0.25) is 0 Å². The number of nitrogens with one attached hydrogen (secondary N) is 2. The number of carbonyl (C=O) groups is 1. The number of amides is 2. The van der Waals surface area contributed by atoms with Crippen molar-refractivity contribution < 1.29 is 14.3 Å². The molecule has 1 fully saturated rings. The third-order valence-electron chi connectivity index (χ3n) is 5.03. The lowest BCUT2D eigenvalue weighted by Crippen LogP contribution is -2.45. The fourth-order valence-corrected chi connectivity index (χ4v) is 3.24. The lowest BCUT2D eigenvalue weighted by molar-refractivity contribution is 0.134. The van der Waals surface area contributed by atoms with Crippen molar-refractivity contribution in [3.05, 3.63) is 54.1 Å². The third-order valence-corrected chi connectivity index (χ3v) is 5.03. The Hall–Kier alpha value is -2.77. The molecular formula is C22H30N4O3. The maximum atomic E-state index is 12.4. The summed E-state index contributed by atoms with van der Waals surface area (Å²) in [6.07, 6.45) is 0. The van der Waals surface area contributed by atoms with Gasteiger partial charge in [0.05, 0.1) is 12.8 Å². The van der Waals surface area contributed by atoms with Crippen LogP contribution in [-0.2, 0) is 6.54 Å². The molecule has 1 aliphatic rings. The standard InChI is InChI=1S/C22H30N4O3/c1-25-11-13-26(14-12-25)15-16-29-21-10-6-4-8-19(21)24-22(27)23-17-18-7-3-5-9-20(18)28-2/h3-10H,11-17H2,1-2H3,(H2,23,24,27). The number of nitrogens with zero attached hydrogens (tertiary/aromatic N) is 2. The summed E-state index contributed by atoms with van der Waals surface area (Å²) < 4.78 is 11.3. The molecule has 0 bridgehead atoms. The van der Waals surface area contributed by atoms with Crippen molar-refractivity contribution in [3.8, 4) is 11.5 Å². The largest absolute Gasteiger partial charge is 0.496 e. The predicted molar refractivity (Wildman–Crippen MR) is 115 cm³/mol. The Kier molecular flexibility index (Phi) is 7.72. The molecule has 3 rings (SSSR count). The summed E-state index contributed by atoms with van der Waals surface area (Å²) in [5.41, 5.74) is 1.57.